The molecule has 2 aromatic carbocycles. The van der Waals surface area contributed by atoms with E-state index in [1.54, 1.807) is 7.11 Å². The van der Waals surface area contributed by atoms with Gasteiger partial charge >= 0.3 is 0 Å². The Kier molecular flexibility index (Phi) is 6.49. The Morgan fingerprint density at radius 3 is 2.33 bits per heavy atom. The Labute approximate surface area is 222 Å². The number of pyridine rings is 1. The number of nitrogens with one attached hydrogen (secondary N) is 1. The second-order valence-corrected chi connectivity index (χ2v) is 10.1. The molecule has 2 aromatic heterocycles. The molecule has 1 fully saturated rings. The number of hydrogen-bond donors (Lipinski definition) is 1. The van der Waals surface area contributed by atoms with Crippen LogP contribution in [-0.2, 0) is 0 Å². The summed E-state index contributed by atoms with van der Waals surface area (Å²) in [4.78, 5) is 6.83. The Balaban J connectivity index is 1.69. The summed E-state index contributed by atoms with van der Waals surface area (Å²) in [6, 6.07) is 20.4. The minimum absolute atomic E-state index is 0.122. The number of methoxy groups -OCH3 is 1. The van der Waals surface area contributed by atoms with Crippen molar-refractivity contribution >= 4 is 34.6 Å². The van der Waals surface area contributed by atoms with Crippen LogP contribution in [0.15, 0.2) is 66.9 Å². The van der Waals surface area contributed by atoms with Crippen molar-refractivity contribution in [2.75, 3.05) is 12.0 Å². The number of aromatic nitrogens is 2. The molecule has 1 N–H and O–H groups in total. The minimum Gasteiger partial charge on any atom is -0.495 e. The van der Waals surface area contributed by atoms with Crippen LogP contribution < -0.4 is 15.0 Å². The lowest BCUT2D eigenvalue weighted by molar-refractivity contribution is 0.415. The minimum atomic E-state index is -0.132. The van der Waals surface area contributed by atoms with E-state index in [1.807, 2.05) is 42.6 Å². The number of benzene rings is 2. The Morgan fingerprint density at radius 1 is 0.944 bits per heavy atom. The number of aryl methyl sites for hydroxylation is 3. The second kappa shape index (κ2) is 9.60. The molecule has 1 aliphatic heterocycles. The largest absolute Gasteiger partial charge is 0.495 e. The second-order valence-electron chi connectivity index (χ2n) is 9.32. The van der Waals surface area contributed by atoms with Crippen molar-refractivity contribution in [3.05, 3.63) is 106 Å². The zero-order valence-corrected chi connectivity index (χ0v) is 22.6. The number of rotatable bonds is 5. The van der Waals surface area contributed by atoms with Crippen LogP contribution in [-0.4, -0.2) is 21.8 Å². The highest BCUT2D eigenvalue weighted by Gasteiger charge is 2.42. The van der Waals surface area contributed by atoms with E-state index in [-0.39, 0.29) is 12.1 Å². The summed E-state index contributed by atoms with van der Waals surface area (Å²) < 4.78 is 7.71. The van der Waals surface area contributed by atoms with E-state index in [2.05, 4.69) is 71.7 Å². The van der Waals surface area contributed by atoms with Gasteiger partial charge in [-0.15, -0.1) is 0 Å². The number of nitrogens with zero attached hydrogens (tertiary/aromatic N) is 3. The number of halogens is 1. The van der Waals surface area contributed by atoms with E-state index in [1.165, 1.54) is 22.4 Å². The fourth-order valence-electron chi connectivity index (χ4n) is 5.32. The van der Waals surface area contributed by atoms with Gasteiger partial charge in [0.05, 0.1) is 29.9 Å². The average Bonchev–Trinajstić information content (AvgIpc) is 3.34. The Morgan fingerprint density at radius 2 is 1.69 bits per heavy atom. The zero-order valence-electron chi connectivity index (χ0n) is 21.0. The molecule has 5 rings (SSSR count). The monoisotopic (exact) mass is 516 g/mol. The molecule has 3 heterocycles. The summed E-state index contributed by atoms with van der Waals surface area (Å²) >= 11 is 12.4. The van der Waals surface area contributed by atoms with Crippen LogP contribution in [0.2, 0.25) is 5.02 Å². The van der Waals surface area contributed by atoms with Gasteiger partial charge in [0.15, 0.2) is 5.11 Å². The summed E-state index contributed by atoms with van der Waals surface area (Å²) in [6.45, 7) is 8.60. The van der Waals surface area contributed by atoms with Gasteiger partial charge in [-0.25, -0.2) is 0 Å². The van der Waals surface area contributed by atoms with Gasteiger partial charge in [0.2, 0.25) is 0 Å². The molecule has 0 bridgehead atoms. The lowest BCUT2D eigenvalue weighted by Crippen LogP contribution is -2.29. The quantitative estimate of drug-likeness (QED) is 0.291. The Hall–Kier alpha value is -3.35. The molecule has 5 nitrogen and oxygen atoms in total. The normalized spacial score (nSPS) is 17.4. The van der Waals surface area contributed by atoms with Gasteiger partial charge < -0.3 is 19.5 Å². The van der Waals surface area contributed by atoms with Crippen LogP contribution in [0.25, 0.3) is 5.69 Å². The molecular formula is C29H29ClN4OS. The van der Waals surface area contributed by atoms with Gasteiger partial charge in [-0.2, -0.15) is 0 Å². The van der Waals surface area contributed by atoms with Gasteiger partial charge in [-0.05, 0) is 105 Å². The van der Waals surface area contributed by atoms with Crippen LogP contribution in [0, 0.1) is 27.7 Å². The molecule has 7 heteroatoms. The highest BCUT2D eigenvalue weighted by Crippen LogP contribution is 2.45. The smallest absolute Gasteiger partial charge is 0.174 e. The average molecular weight is 517 g/mol. The molecule has 36 heavy (non-hydrogen) atoms. The highest BCUT2D eigenvalue weighted by atomic mass is 35.5. The van der Waals surface area contributed by atoms with E-state index in [9.17, 15) is 0 Å². The predicted octanol–water partition coefficient (Wildman–Crippen LogP) is 6.95. The number of anilines is 1. The van der Waals surface area contributed by atoms with Gasteiger partial charge in [-0.1, -0.05) is 23.7 Å². The fourth-order valence-corrected chi connectivity index (χ4v) is 5.92. The maximum atomic E-state index is 6.54. The molecule has 0 spiro atoms. The molecule has 2 atom stereocenters. The van der Waals surface area contributed by atoms with Crippen LogP contribution in [0.1, 0.15) is 45.9 Å². The molecule has 184 valence electrons. The van der Waals surface area contributed by atoms with Crippen molar-refractivity contribution in [1.82, 2.24) is 14.9 Å². The third-order valence-corrected chi connectivity index (χ3v) is 7.38. The van der Waals surface area contributed by atoms with Gasteiger partial charge in [0.25, 0.3) is 0 Å². The molecule has 0 radical (unpaired) electrons. The van der Waals surface area contributed by atoms with Crippen molar-refractivity contribution in [2.24, 2.45) is 0 Å². The van der Waals surface area contributed by atoms with Gasteiger partial charge in [0.1, 0.15) is 5.75 Å². The van der Waals surface area contributed by atoms with Crippen molar-refractivity contribution in [3.63, 3.8) is 0 Å². The van der Waals surface area contributed by atoms with E-state index >= 15 is 0 Å². The van der Waals surface area contributed by atoms with Crippen LogP contribution in [0.4, 0.5) is 5.69 Å². The maximum Gasteiger partial charge on any atom is 0.174 e. The first-order chi connectivity index (χ1) is 17.3. The first kappa shape index (κ1) is 24.3. The molecule has 1 saturated heterocycles. The maximum absolute atomic E-state index is 6.54. The van der Waals surface area contributed by atoms with E-state index in [4.69, 9.17) is 28.6 Å². The van der Waals surface area contributed by atoms with Crippen LogP contribution >= 0.6 is 23.8 Å². The Bertz CT molecular complexity index is 1430. The molecular weight excluding hydrogens is 488 g/mol. The van der Waals surface area contributed by atoms with E-state index in [0.29, 0.717) is 15.9 Å². The summed E-state index contributed by atoms with van der Waals surface area (Å²) in [6.07, 6.45) is 1.82. The summed E-state index contributed by atoms with van der Waals surface area (Å²) in [5.41, 5.74) is 8.99. The van der Waals surface area contributed by atoms with Crippen molar-refractivity contribution < 1.29 is 4.74 Å². The molecule has 0 aliphatic carbocycles. The molecule has 0 unspecified atom stereocenters. The van der Waals surface area contributed by atoms with Crippen molar-refractivity contribution in [3.8, 4) is 11.4 Å². The van der Waals surface area contributed by atoms with Crippen LogP contribution in [0.3, 0.4) is 0 Å². The van der Waals surface area contributed by atoms with Gasteiger partial charge in [0, 0.05) is 29.0 Å². The summed E-state index contributed by atoms with van der Waals surface area (Å²) in [7, 11) is 1.62. The number of hydrogen-bond acceptors (Lipinski definition) is 3. The number of ether oxygens (including phenoxy) is 1. The topological polar surface area (TPSA) is 42.3 Å². The first-order valence-electron chi connectivity index (χ1n) is 11.9. The molecule has 1 aliphatic rings. The van der Waals surface area contributed by atoms with E-state index in [0.717, 1.165) is 22.8 Å². The summed E-state index contributed by atoms with van der Waals surface area (Å²) in [5.74, 6) is 0.629. The molecule has 0 saturated carbocycles. The lowest BCUT2D eigenvalue weighted by atomic mass is 9.96. The van der Waals surface area contributed by atoms with Crippen molar-refractivity contribution in [1.29, 1.82) is 0 Å². The molecule has 0 amide bonds. The van der Waals surface area contributed by atoms with Crippen molar-refractivity contribution in [2.45, 2.75) is 39.8 Å². The predicted molar refractivity (Wildman–Crippen MR) is 151 cm³/mol. The highest BCUT2D eigenvalue weighted by molar-refractivity contribution is 7.80. The SMILES string of the molecule is COc1ccc(N2C(=S)N[C@@H](c3ccccn3)[C@@H]2c2cc(C)n(-c3cc(C)cc(C)c3)c2C)cc1Cl. The summed E-state index contributed by atoms with van der Waals surface area (Å²) in [5, 5.41) is 4.71. The lowest BCUT2D eigenvalue weighted by Gasteiger charge is -2.28. The third kappa shape index (κ3) is 4.25. The number of thiocarbonyl (C=S) groups is 1. The third-order valence-electron chi connectivity index (χ3n) is 6.77. The zero-order chi connectivity index (χ0) is 25.6. The molecule has 4 aromatic rings. The van der Waals surface area contributed by atoms with Gasteiger partial charge in [-0.3, -0.25) is 4.98 Å². The fraction of sp³-hybridized carbons (Fsp3) is 0.241. The first-order valence-corrected chi connectivity index (χ1v) is 12.7. The van der Waals surface area contributed by atoms with Crippen LogP contribution in [0.5, 0.6) is 5.75 Å². The standard InChI is InChI=1S/C29H29ClN4OS/c1-17-12-18(2)14-22(13-17)33-19(3)15-23(20(33)4)28-27(25-8-6-7-11-31-25)32-29(36)34(28)21-9-10-26(35-5)24(30)16-21/h6-16,27-28H,1-5H3,(H,32,36)/t27-,28-/m0/s1. The van der Waals surface area contributed by atoms with E-state index < -0.39 is 0 Å².